The minimum absolute atomic E-state index is 0.236. The van der Waals surface area contributed by atoms with Crippen LogP contribution in [0.25, 0.3) is 0 Å². The van der Waals surface area contributed by atoms with Gasteiger partial charge in [0, 0.05) is 199 Å². The van der Waals surface area contributed by atoms with Crippen molar-refractivity contribution in [3.05, 3.63) is 0 Å². The third kappa shape index (κ3) is 41.5. The van der Waals surface area contributed by atoms with Crippen LogP contribution < -0.4 is 0 Å². The molecule has 744 valence electrons. The Morgan fingerprint density at radius 3 is 0.423 bits per heavy atom. The first-order valence-electron chi connectivity index (χ1n) is 48.1. The van der Waals surface area contributed by atoms with Crippen LogP contribution in [0.1, 0.15) is 323 Å². The summed E-state index contributed by atoms with van der Waals surface area (Å²) in [5, 5.41) is 0. The van der Waals surface area contributed by atoms with Crippen LogP contribution in [0.3, 0.4) is 0 Å². The SMILES string of the molecule is CCC([SiH2]OC(C)(OC)OC)N(C(CC)[SiH2]OC(C)(OC)OC)C(CC)[SiH2]OC(C)(OC)OC.CCCO[Si](OCCC)(OCCC)C(CC)N(C(CC)[Si](OCCC)(OCCC)OCCC)C(CC)[Si](OCCC)(OCCC)OCCC.CCO[Si](OCC)(OCC)C(CC)N(C(CC)[Si](OCC)(OCC)OCC)C(CC)[Si](OCC)(OCC)OCC. The fourth-order valence-corrected chi connectivity index (χ4v) is 42.5. The van der Waals surface area contributed by atoms with Crippen LogP contribution in [0.5, 0.6) is 0 Å². The van der Waals surface area contributed by atoms with Crippen LogP contribution in [0.4, 0.5) is 0 Å². The summed E-state index contributed by atoms with van der Waals surface area (Å²) < 4.78 is 173. The Bertz CT molecular complexity index is 2030. The van der Waals surface area contributed by atoms with Gasteiger partial charge in [0.05, 0.1) is 34.0 Å². The predicted octanol–water partition coefficient (Wildman–Crippen LogP) is 15.0. The highest BCUT2D eigenvalue weighted by atomic mass is 28.4. The normalized spacial score (nSPS) is 15.7. The zero-order valence-corrected chi connectivity index (χ0v) is 95.9. The van der Waals surface area contributed by atoms with E-state index in [2.05, 4.69) is 139 Å². The van der Waals surface area contributed by atoms with E-state index in [9.17, 15) is 0 Å². The molecule has 9 unspecified atom stereocenters. The first-order valence-corrected chi connectivity index (χ1v) is 63.1. The van der Waals surface area contributed by atoms with Gasteiger partial charge in [-0.15, -0.1) is 0 Å². The van der Waals surface area contributed by atoms with Crippen LogP contribution in [0.15, 0.2) is 0 Å². The Labute approximate surface area is 767 Å². The van der Waals surface area contributed by atoms with Crippen LogP contribution in [0.2, 0.25) is 0 Å². The number of rotatable bonds is 84. The van der Waals surface area contributed by atoms with Gasteiger partial charge in [-0.3, -0.25) is 14.7 Å². The lowest BCUT2D eigenvalue weighted by molar-refractivity contribution is -0.312. The third-order valence-corrected chi connectivity index (χ3v) is 48.2. The minimum atomic E-state index is -3.42. The number of nitrogens with zero attached hydrogens (tertiary/aromatic N) is 3. The first-order chi connectivity index (χ1) is 59.0. The summed E-state index contributed by atoms with van der Waals surface area (Å²) in [7, 11) is -13.9. The van der Waals surface area contributed by atoms with Gasteiger partial charge in [0.25, 0.3) is 17.9 Å². The summed E-state index contributed by atoms with van der Waals surface area (Å²) in [6.45, 7) is 71.6. The molecule has 123 heavy (non-hydrogen) atoms. The maximum Gasteiger partial charge on any atom is 0.519 e. The van der Waals surface area contributed by atoms with Crippen molar-refractivity contribution in [3.63, 3.8) is 0 Å². The Hall–Kier alpha value is 0.752. The Morgan fingerprint density at radius 2 is 0.325 bits per heavy atom. The molecule has 0 aliphatic rings. The zero-order valence-electron chi connectivity index (χ0n) is 85.6. The molecular weight excluding hydrogens is 1740 g/mol. The molecule has 0 spiro atoms. The maximum atomic E-state index is 6.96. The lowest BCUT2D eigenvalue weighted by Gasteiger charge is -2.53. The summed E-state index contributed by atoms with van der Waals surface area (Å²) >= 11 is 0. The maximum absolute atomic E-state index is 6.96. The molecule has 0 heterocycles. The fourth-order valence-electron chi connectivity index (χ4n) is 15.1. The summed E-state index contributed by atoms with van der Waals surface area (Å²) in [6.07, 6.45) is 14.9. The van der Waals surface area contributed by atoms with Gasteiger partial charge in [0.1, 0.15) is 0 Å². The number of hydrogen-bond donors (Lipinski definition) is 0. The summed E-state index contributed by atoms with van der Waals surface area (Å²) in [4.78, 5) is 7.58. The molecule has 0 saturated carbocycles. The van der Waals surface area contributed by atoms with E-state index in [-0.39, 0.29) is 51.0 Å². The monoisotopic (exact) mass is 1930 g/mol. The van der Waals surface area contributed by atoms with E-state index in [1.165, 1.54) is 0 Å². The molecule has 0 aromatic carbocycles. The molecule has 0 aliphatic carbocycles. The van der Waals surface area contributed by atoms with Gasteiger partial charge in [-0.1, -0.05) is 125 Å². The molecule has 9 atom stereocenters. The molecule has 0 amide bonds. The van der Waals surface area contributed by atoms with Crippen molar-refractivity contribution in [2.45, 2.75) is 392 Å². The Balaban J connectivity index is -0.00000179. The van der Waals surface area contributed by atoms with E-state index in [0.717, 1.165) is 96.3 Å². The average Bonchev–Trinajstić information content (AvgIpc) is 0.747. The molecule has 0 saturated heterocycles. The van der Waals surface area contributed by atoms with Crippen LogP contribution in [-0.4, -0.2) is 327 Å². The van der Waals surface area contributed by atoms with Gasteiger partial charge in [-0.25, -0.2) is 0 Å². The largest absolute Gasteiger partial charge is 0.519 e. The van der Waals surface area contributed by atoms with Crippen molar-refractivity contribution in [1.82, 2.24) is 14.7 Å². The van der Waals surface area contributed by atoms with Crippen molar-refractivity contribution in [1.29, 1.82) is 0 Å². The second-order valence-corrected chi connectivity index (χ2v) is 51.1. The molecule has 0 aliphatic heterocycles. The third-order valence-electron chi connectivity index (χ3n) is 21.1. The van der Waals surface area contributed by atoms with E-state index in [0.29, 0.717) is 138 Å². The molecular formula is C84H195N3O27Si9. The standard InChI is InChI=1S/C36H81NO9Si3.C27H63NO9Si3.C21H51NO9Si3/c1-13-25-38-47(39-26-14-2,40-27-15-3)34(22-10)37(35(23-11)48(41-28-16-4,42-29-17-5)43-30-18-6)36(24-12)49(44-31-19-7,45-32-20-8)46-33-21-9;1-13-25(38(29-16-4,30-17-5)31-18-6)28(26(14-2)39(32-19-7,33-20-8)34-21-9)27(15-3)40(35-22-10,36-23-11)37-24-12;1-13-16(32-29-19(4,23-7)24-8)22(17(14-2)33-30-20(5,25-9)26-10)18(15-3)34-31-21(6,27-11)28-12/h34-36H,13-33H2,1-12H3;25-27H,13-24H2,1-12H3;16-18H,13-15,32-34H2,1-12H3. The van der Waals surface area contributed by atoms with Gasteiger partial charge in [-0.2, -0.15) is 0 Å². The average molecular weight is 1930 g/mol. The molecule has 0 rings (SSSR count). The number of hydrogen-bond acceptors (Lipinski definition) is 30. The fraction of sp³-hybridized carbons (Fsp3) is 1.00. The highest BCUT2D eigenvalue weighted by molar-refractivity contribution is 6.67. The molecule has 30 nitrogen and oxygen atoms in total. The van der Waals surface area contributed by atoms with Crippen LogP contribution in [0, 0.1) is 0 Å². The lowest BCUT2D eigenvalue weighted by Crippen LogP contribution is -2.77. The van der Waals surface area contributed by atoms with Gasteiger partial charge >= 0.3 is 52.8 Å². The molecule has 0 aromatic rings. The Kier molecular flexibility index (Phi) is 77.0. The van der Waals surface area contributed by atoms with Gasteiger partial charge in [0.2, 0.25) is 0 Å². The molecule has 0 N–H and O–H groups in total. The predicted molar refractivity (Wildman–Crippen MR) is 514 cm³/mol. The molecule has 0 radical (unpaired) electrons. The number of ether oxygens (including phenoxy) is 6. The van der Waals surface area contributed by atoms with Crippen molar-refractivity contribution in [2.75, 3.05) is 162 Å². The zero-order chi connectivity index (χ0) is 94.1. The molecule has 0 bridgehead atoms. The van der Waals surface area contributed by atoms with Crippen LogP contribution >= 0.6 is 0 Å². The minimum Gasteiger partial charge on any atom is -0.375 e. The Morgan fingerprint density at radius 1 is 0.195 bits per heavy atom. The topological polar surface area (TPSA) is 259 Å². The summed E-state index contributed by atoms with van der Waals surface area (Å²) in [5.41, 5.74) is -0.763. The molecule has 0 fully saturated rings. The summed E-state index contributed by atoms with van der Waals surface area (Å²) in [6, 6.07) is 0. The molecule has 0 aromatic heterocycles. The van der Waals surface area contributed by atoms with Crippen molar-refractivity contribution >= 4 is 82.1 Å². The second kappa shape index (κ2) is 74.1. The highest BCUT2D eigenvalue weighted by Crippen LogP contribution is 2.41. The van der Waals surface area contributed by atoms with Crippen molar-refractivity contribution in [3.8, 4) is 0 Å². The van der Waals surface area contributed by atoms with E-state index in [1.54, 1.807) is 63.4 Å². The van der Waals surface area contributed by atoms with Gasteiger partial charge in [-0.05, 0) is 178 Å². The molecule has 39 heteroatoms. The van der Waals surface area contributed by atoms with Gasteiger partial charge in [0.15, 0.2) is 29.3 Å². The van der Waals surface area contributed by atoms with Crippen LogP contribution in [-0.2, 0) is 121 Å². The van der Waals surface area contributed by atoms with E-state index in [4.69, 9.17) is 121 Å². The van der Waals surface area contributed by atoms with E-state index in [1.807, 2.05) is 62.3 Å². The quantitative estimate of drug-likeness (QED) is 0.0405. The highest BCUT2D eigenvalue weighted by Gasteiger charge is 2.68. The lowest BCUT2D eigenvalue weighted by atomic mass is 10.3. The van der Waals surface area contributed by atoms with E-state index < -0.39 is 100 Å². The number of methoxy groups -OCH3 is 6. The van der Waals surface area contributed by atoms with Crippen molar-refractivity contribution in [2.24, 2.45) is 0 Å². The van der Waals surface area contributed by atoms with Gasteiger partial charge < -0.3 is 121 Å². The first kappa shape index (κ1) is 128. The summed E-state index contributed by atoms with van der Waals surface area (Å²) in [5.74, 6) is -3.15. The smallest absolute Gasteiger partial charge is 0.375 e. The van der Waals surface area contributed by atoms with E-state index >= 15 is 0 Å². The van der Waals surface area contributed by atoms with Crippen molar-refractivity contribution < 1.29 is 121 Å². The second-order valence-electron chi connectivity index (χ2n) is 30.0.